The summed E-state index contributed by atoms with van der Waals surface area (Å²) in [4.78, 5) is 0. The Morgan fingerprint density at radius 2 is 1.79 bits per heavy atom. The summed E-state index contributed by atoms with van der Waals surface area (Å²) < 4.78 is 0. The van der Waals surface area contributed by atoms with Crippen molar-refractivity contribution in [3.05, 3.63) is 59.2 Å². The highest BCUT2D eigenvalue weighted by molar-refractivity contribution is 5.51. The lowest BCUT2D eigenvalue weighted by Gasteiger charge is -2.40. The average Bonchev–Trinajstić information content (AvgIpc) is 2.71. The van der Waals surface area contributed by atoms with Crippen LogP contribution in [0.1, 0.15) is 54.7 Å². The monoisotopic (exact) mass is 250 g/mol. The molecule has 3 aliphatic carbocycles. The van der Waals surface area contributed by atoms with Crippen molar-refractivity contribution in [3.8, 4) is 0 Å². The molecule has 1 aromatic carbocycles. The molecule has 1 fully saturated rings. The number of hydrogen-bond acceptors (Lipinski definition) is 0. The highest BCUT2D eigenvalue weighted by Gasteiger charge is 2.50. The van der Waals surface area contributed by atoms with E-state index in [1.165, 1.54) is 37.7 Å². The van der Waals surface area contributed by atoms with E-state index in [2.05, 4.69) is 49.4 Å². The first-order chi connectivity index (χ1) is 9.31. The van der Waals surface area contributed by atoms with Crippen molar-refractivity contribution in [2.75, 3.05) is 0 Å². The Morgan fingerprint density at radius 3 is 2.63 bits per heavy atom. The Bertz CT molecular complexity index is 555. The Balaban J connectivity index is 1.92. The van der Waals surface area contributed by atoms with Crippen LogP contribution < -0.4 is 0 Å². The SMILES string of the molecule is Cc1ccc2c(c1)C1(CCCCC1)C1C=CC=CC21. The molecule has 1 saturated carbocycles. The largest absolute Gasteiger partial charge is 0.0796 e. The maximum atomic E-state index is 2.49. The molecular formula is C19H22. The summed E-state index contributed by atoms with van der Waals surface area (Å²) in [6.45, 7) is 2.24. The first kappa shape index (κ1) is 11.5. The van der Waals surface area contributed by atoms with Crippen LogP contribution in [0.5, 0.6) is 0 Å². The van der Waals surface area contributed by atoms with E-state index in [0.29, 0.717) is 11.3 Å². The van der Waals surface area contributed by atoms with Gasteiger partial charge in [-0.25, -0.2) is 0 Å². The molecule has 0 saturated heterocycles. The zero-order chi connectivity index (χ0) is 12.9. The van der Waals surface area contributed by atoms with Crippen LogP contribution in [-0.4, -0.2) is 0 Å². The van der Waals surface area contributed by atoms with E-state index in [1.807, 2.05) is 0 Å². The molecule has 0 aromatic heterocycles. The molecule has 4 rings (SSSR count). The zero-order valence-corrected chi connectivity index (χ0v) is 11.7. The quantitative estimate of drug-likeness (QED) is 0.605. The average molecular weight is 250 g/mol. The Kier molecular flexibility index (Phi) is 2.48. The lowest BCUT2D eigenvalue weighted by molar-refractivity contribution is 0.233. The molecule has 19 heavy (non-hydrogen) atoms. The van der Waals surface area contributed by atoms with E-state index in [4.69, 9.17) is 0 Å². The summed E-state index contributed by atoms with van der Waals surface area (Å²) in [5.74, 6) is 1.35. The second kappa shape index (κ2) is 4.10. The van der Waals surface area contributed by atoms with Gasteiger partial charge in [0.2, 0.25) is 0 Å². The van der Waals surface area contributed by atoms with Gasteiger partial charge < -0.3 is 0 Å². The van der Waals surface area contributed by atoms with Crippen molar-refractivity contribution in [1.82, 2.24) is 0 Å². The first-order valence-corrected chi connectivity index (χ1v) is 7.77. The number of aryl methyl sites for hydroxylation is 1. The predicted molar refractivity (Wildman–Crippen MR) is 80.5 cm³/mol. The highest BCUT2D eigenvalue weighted by Crippen LogP contribution is 2.58. The molecule has 0 heteroatoms. The highest BCUT2D eigenvalue weighted by atomic mass is 14.5. The van der Waals surface area contributed by atoms with Gasteiger partial charge in [-0.05, 0) is 36.8 Å². The smallest absolute Gasteiger partial charge is 0.00955 e. The standard InChI is InChI=1S/C19H22/c1-14-9-10-16-15-7-3-4-8-17(15)19(18(16)13-14)11-5-2-6-12-19/h3-4,7-10,13,15,17H,2,5-6,11-12H2,1H3. The van der Waals surface area contributed by atoms with Crippen molar-refractivity contribution >= 4 is 0 Å². The molecule has 0 radical (unpaired) electrons. The third kappa shape index (κ3) is 1.52. The number of rotatable bonds is 0. The summed E-state index contributed by atoms with van der Waals surface area (Å²) in [6, 6.07) is 7.18. The van der Waals surface area contributed by atoms with Gasteiger partial charge in [0.1, 0.15) is 0 Å². The maximum Gasteiger partial charge on any atom is 0.00955 e. The number of fused-ring (bicyclic) bond motifs is 5. The van der Waals surface area contributed by atoms with E-state index in [0.717, 1.165) is 5.92 Å². The van der Waals surface area contributed by atoms with Crippen molar-refractivity contribution in [2.24, 2.45) is 5.92 Å². The van der Waals surface area contributed by atoms with Crippen LogP contribution in [0, 0.1) is 12.8 Å². The topological polar surface area (TPSA) is 0 Å². The van der Waals surface area contributed by atoms with Crippen molar-refractivity contribution in [1.29, 1.82) is 0 Å². The van der Waals surface area contributed by atoms with Crippen molar-refractivity contribution in [2.45, 2.75) is 50.4 Å². The van der Waals surface area contributed by atoms with Crippen molar-refractivity contribution in [3.63, 3.8) is 0 Å². The first-order valence-electron chi connectivity index (χ1n) is 7.77. The zero-order valence-electron chi connectivity index (χ0n) is 11.7. The normalized spacial score (nSPS) is 30.4. The molecule has 1 spiro atoms. The lowest BCUT2D eigenvalue weighted by Crippen LogP contribution is -2.34. The fourth-order valence-corrected chi connectivity index (χ4v) is 4.79. The number of allylic oxidation sites excluding steroid dienone is 4. The van der Waals surface area contributed by atoms with Crippen LogP contribution in [0.2, 0.25) is 0 Å². The fraction of sp³-hybridized carbons (Fsp3) is 0.474. The summed E-state index contributed by atoms with van der Waals surface area (Å²) in [5.41, 5.74) is 5.16. The summed E-state index contributed by atoms with van der Waals surface area (Å²) >= 11 is 0. The molecule has 0 nitrogen and oxygen atoms in total. The van der Waals surface area contributed by atoms with Gasteiger partial charge in [-0.3, -0.25) is 0 Å². The summed E-state index contributed by atoms with van der Waals surface area (Å²) in [6.07, 6.45) is 16.5. The molecule has 0 heterocycles. The molecule has 1 aromatic rings. The fourth-order valence-electron chi connectivity index (χ4n) is 4.79. The minimum Gasteiger partial charge on any atom is -0.0796 e. The minimum atomic E-state index is 0.450. The summed E-state index contributed by atoms with van der Waals surface area (Å²) in [7, 11) is 0. The number of hydrogen-bond donors (Lipinski definition) is 0. The maximum absolute atomic E-state index is 2.49. The van der Waals surface area contributed by atoms with Crippen LogP contribution in [0.25, 0.3) is 0 Å². The van der Waals surface area contributed by atoms with E-state index in [-0.39, 0.29) is 0 Å². The number of benzene rings is 1. The van der Waals surface area contributed by atoms with Crippen molar-refractivity contribution < 1.29 is 0 Å². The third-order valence-corrected chi connectivity index (χ3v) is 5.62. The van der Waals surface area contributed by atoms with Crippen LogP contribution in [0.15, 0.2) is 42.5 Å². The van der Waals surface area contributed by atoms with Gasteiger partial charge in [0.15, 0.2) is 0 Å². The van der Waals surface area contributed by atoms with Gasteiger partial charge in [-0.1, -0.05) is 67.3 Å². The third-order valence-electron chi connectivity index (χ3n) is 5.62. The Morgan fingerprint density at radius 1 is 1.00 bits per heavy atom. The second-order valence-electron chi connectivity index (χ2n) is 6.63. The van der Waals surface area contributed by atoms with E-state index >= 15 is 0 Å². The van der Waals surface area contributed by atoms with Crippen LogP contribution >= 0.6 is 0 Å². The summed E-state index contributed by atoms with van der Waals surface area (Å²) in [5, 5.41) is 0. The Labute approximate surface area is 116 Å². The second-order valence-corrected chi connectivity index (χ2v) is 6.63. The minimum absolute atomic E-state index is 0.450. The van der Waals surface area contributed by atoms with E-state index in [1.54, 1.807) is 11.1 Å². The molecule has 3 aliphatic rings. The van der Waals surface area contributed by atoms with E-state index < -0.39 is 0 Å². The van der Waals surface area contributed by atoms with Crippen LogP contribution in [0.4, 0.5) is 0 Å². The van der Waals surface area contributed by atoms with Gasteiger partial charge in [-0.15, -0.1) is 0 Å². The molecule has 0 bridgehead atoms. The Hall–Kier alpha value is -1.30. The predicted octanol–water partition coefficient (Wildman–Crippen LogP) is 5.04. The van der Waals surface area contributed by atoms with Crippen LogP contribution in [-0.2, 0) is 5.41 Å². The molecular weight excluding hydrogens is 228 g/mol. The van der Waals surface area contributed by atoms with Gasteiger partial charge in [0.05, 0.1) is 0 Å². The van der Waals surface area contributed by atoms with E-state index in [9.17, 15) is 0 Å². The molecule has 0 aliphatic heterocycles. The molecule has 0 amide bonds. The lowest BCUT2D eigenvalue weighted by atomic mass is 9.63. The molecule has 2 atom stereocenters. The molecule has 0 N–H and O–H groups in total. The van der Waals surface area contributed by atoms with Gasteiger partial charge in [-0.2, -0.15) is 0 Å². The van der Waals surface area contributed by atoms with Gasteiger partial charge >= 0.3 is 0 Å². The molecule has 98 valence electrons. The van der Waals surface area contributed by atoms with Gasteiger partial charge in [0, 0.05) is 11.3 Å². The van der Waals surface area contributed by atoms with Gasteiger partial charge in [0.25, 0.3) is 0 Å². The van der Waals surface area contributed by atoms with Crippen LogP contribution in [0.3, 0.4) is 0 Å². The molecule has 2 unspecified atom stereocenters.